The first-order valence-electron chi connectivity index (χ1n) is 10.4. The maximum Gasteiger partial charge on any atom is 0.253 e. The van der Waals surface area contributed by atoms with Crippen molar-refractivity contribution in [2.75, 3.05) is 40.5 Å². The van der Waals surface area contributed by atoms with Crippen molar-refractivity contribution < 1.29 is 19.1 Å². The lowest BCUT2D eigenvalue weighted by atomic mass is 9.89. The molecule has 0 unspecified atom stereocenters. The van der Waals surface area contributed by atoms with Crippen LogP contribution in [-0.2, 0) is 4.74 Å². The molecule has 1 aliphatic rings. The number of amides is 2. The fourth-order valence-electron chi connectivity index (χ4n) is 3.80. The van der Waals surface area contributed by atoms with Gasteiger partial charge in [-0.25, -0.2) is 0 Å². The molecule has 30 heavy (non-hydrogen) atoms. The highest BCUT2D eigenvalue weighted by Gasteiger charge is 2.26. The van der Waals surface area contributed by atoms with E-state index in [1.54, 1.807) is 26.4 Å². The first-order valence-corrected chi connectivity index (χ1v) is 10.4. The van der Waals surface area contributed by atoms with Gasteiger partial charge in [0.05, 0.1) is 7.11 Å². The van der Waals surface area contributed by atoms with Crippen molar-refractivity contribution in [3.8, 4) is 5.75 Å². The van der Waals surface area contributed by atoms with Crippen molar-refractivity contribution in [3.05, 3.63) is 65.2 Å². The molecule has 6 heteroatoms. The normalized spacial score (nSPS) is 16.2. The van der Waals surface area contributed by atoms with Crippen molar-refractivity contribution in [3.63, 3.8) is 0 Å². The minimum absolute atomic E-state index is 0.0365. The smallest absolute Gasteiger partial charge is 0.253 e. The van der Waals surface area contributed by atoms with Gasteiger partial charge in [0.15, 0.2) is 0 Å². The molecule has 1 fully saturated rings. The molecule has 1 N–H and O–H groups in total. The number of hydrogen-bond acceptors (Lipinski definition) is 4. The molecule has 1 heterocycles. The van der Waals surface area contributed by atoms with Gasteiger partial charge in [-0.3, -0.25) is 9.59 Å². The van der Waals surface area contributed by atoms with E-state index in [0.29, 0.717) is 30.8 Å². The third kappa shape index (κ3) is 5.60. The summed E-state index contributed by atoms with van der Waals surface area (Å²) in [6.45, 7) is 2.62. The lowest BCUT2D eigenvalue weighted by Gasteiger charge is -2.33. The van der Waals surface area contributed by atoms with Crippen LogP contribution in [-0.4, -0.2) is 57.2 Å². The molecular formula is C24H30N2O4. The summed E-state index contributed by atoms with van der Waals surface area (Å²) in [5.74, 6) is 0.923. The van der Waals surface area contributed by atoms with E-state index in [1.165, 1.54) is 0 Å². The van der Waals surface area contributed by atoms with E-state index in [9.17, 15) is 9.59 Å². The Morgan fingerprint density at radius 1 is 1.10 bits per heavy atom. The number of hydrogen-bond donors (Lipinski definition) is 1. The number of ether oxygens (including phenoxy) is 2. The molecule has 0 radical (unpaired) electrons. The first kappa shape index (κ1) is 21.8. The Kier molecular flexibility index (Phi) is 7.85. The zero-order chi connectivity index (χ0) is 21.3. The predicted molar refractivity (Wildman–Crippen MR) is 116 cm³/mol. The van der Waals surface area contributed by atoms with E-state index in [-0.39, 0.29) is 17.7 Å². The van der Waals surface area contributed by atoms with Gasteiger partial charge in [0.2, 0.25) is 0 Å². The molecule has 3 rings (SSSR count). The van der Waals surface area contributed by atoms with Crippen LogP contribution in [0.5, 0.6) is 5.75 Å². The average molecular weight is 411 g/mol. The number of carbonyl (C=O) groups excluding carboxylic acids is 2. The van der Waals surface area contributed by atoms with E-state index in [0.717, 1.165) is 37.1 Å². The van der Waals surface area contributed by atoms with Crippen LogP contribution in [0.2, 0.25) is 0 Å². The standard InChI is InChI=1S/C24H30N2O4/c1-29-15-5-13-25-23(27)20-7-3-6-19(16-20)21-8-4-14-26(17-21)24(28)18-9-11-22(30-2)12-10-18/h3,6-7,9-12,16,21H,4-5,8,13-15,17H2,1-2H3,(H,25,27)/t21-/m1/s1. The van der Waals surface area contributed by atoms with Gasteiger partial charge in [0, 0.05) is 50.4 Å². The van der Waals surface area contributed by atoms with Crippen LogP contribution >= 0.6 is 0 Å². The van der Waals surface area contributed by atoms with Gasteiger partial charge in [-0.15, -0.1) is 0 Å². The number of benzene rings is 2. The Morgan fingerprint density at radius 2 is 1.90 bits per heavy atom. The zero-order valence-corrected chi connectivity index (χ0v) is 17.7. The highest BCUT2D eigenvalue weighted by molar-refractivity contribution is 5.95. The largest absolute Gasteiger partial charge is 0.497 e. The van der Waals surface area contributed by atoms with Crippen molar-refractivity contribution >= 4 is 11.8 Å². The quantitative estimate of drug-likeness (QED) is 0.677. The van der Waals surface area contributed by atoms with Crippen LogP contribution in [0.15, 0.2) is 48.5 Å². The molecule has 1 saturated heterocycles. The molecular weight excluding hydrogens is 380 g/mol. The second-order valence-corrected chi connectivity index (χ2v) is 7.55. The Bertz CT molecular complexity index is 851. The summed E-state index contributed by atoms with van der Waals surface area (Å²) in [7, 11) is 3.26. The minimum atomic E-state index is -0.0741. The predicted octanol–water partition coefficient (Wildman–Crippen LogP) is 3.48. The molecule has 2 aromatic rings. The SMILES string of the molecule is COCCCNC(=O)c1cccc([C@@H]2CCCN(C(=O)c3ccc(OC)cc3)C2)c1. The number of piperidine rings is 1. The summed E-state index contributed by atoms with van der Waals surface area (Å²) in [5.41, 5.74) is 2.43. The fourth-order valence-corrected chi connectivity index (χ4v) is 3.80. The first-order chi connectivity index (χ1) is 14.6. The molecule has 0 aliphatic carbocycles. The molecule has 0 saturated carbocycles. The third-order valence-corrected chi connectivity index (χ3v) is 5.48. The molecule has 2 amide bonds. The number of nitrogens with zero attached hydrogens (tertiary/aromatic N) is 1. The number of methoxy groups -OCH3 is 2. The lowest BCUT2D eigenvalue weighted by Crippen LogP contribution is -2.39. The van der Waals surface area contributed by atoms with Gasteiger partial charge in [-0.2, -0.15) is 0 Å². The van der Waals surface area contributed by atoms with Gasteiger partial charge >= 0.3 is 0 Å². The number of nitrogens with one attached hydrogen (secondary N) is 1. The topological polar surface area (TPSA) is 67.9 Å². The zero-order valence-electron chi connectivity index (χ0n) is 17.7. The molecule has 1 atom stereocenters. The second-order valence-electron chi connectivity index (χ2n) is 7.55. The average Bonchev–Trinajstić information content (AvgIpc) is 2.81. The minimum Gasteiger partial charge on any atom is -0.497 e. The molecule has 2 aromatic carbocycles. The molecule has 160 valence electrons. The molecule has 0 spiro atoms. The summed E-state index contributed by atoms with van der Waals surface area (Å²) in [6.07, 6.45) is 2.73. The maximum atomic E-state index is 12.9. The van der Waals surface area contributed by atoms with Gasteiger partial charge < -0.3 is 19.7 Å². The number of rotatable bonds is 8. The molecule has 0 bridgehead atoms. The summed E-state index contributed by atoms with van der Waals surface area (Å²) in [6, 6.07) is 15.0. The van der Waals surface area contributed by atoms with Crippen LogP contribution < -0.4 is 10.1 Å². The summed E-state index contributed by atoms with van der Waals surface area (Å²) in [5, 5.41) is 2.93. The van der Waals surface area contributed by atoms with Crippen LogP contribution in [0.4, 0.5) is 0 Å². The molecule has 6 nitrogen and oxygen atoms in total. The van der Waals surface area contributed by atoms with Crippen LogP contribution in [0.3, 0.4) is 0 Å². The van der Waals surface area contributed by atoms with Gasteiger partial charge in [0.25, 0.3) is 11.8 Å². The Labute approximate surface area is 178 Å². The van der Waals surface area contributed by atoms with Gasteiger partial charge in [0.1, 0.15) is 5.75 Å². The Hall–Kier alpha value is -2.86. The van der Waals surface area contributed by atoms with Crippen LogP contribution in [0, 0.1) is 0 Å². The number of carbonyl (C=O) groups is 2. The van der Waals surface area contributed by atoms with Crippen LogP contribution in [0.25, 0.3) is 0 Å². The van der Waals surface area contributed by atoms with Crippen molar-refractivity contribution in [1.82, 2.24) is 10.2 Å². The van der Waals surface area contributed by atoms with Crippen molar-refractivity contribution in [1.29, 1.82) is 0 Å². The Balaban J connectivity index is 1.64. The highest BCUT2D eigenvalue weighted by atomic mass is 16.5. The highest BCUT2D eigenvalue weighted by Crippen LogP contribution is 2.28. The van der Waals surface area contributed by atoms with E-state index in [2.05, 4.69) is 5.32 Å². The Morgan fingerprint density at radius 3 is 2.63 bits per heavy atom. The van der Waals surface area contributed by atoms with E-state index >= 15 is 0 Å². The van der Waals surface area contributed by atoms with Crippen molar-refractivity contribution in [2.24, 2.45) is 0 Å². The van der Waals surface area contributed by atoms with Crippen molar-refractivity contribution in [2.45, 2.75) is 25.2 Å². The van der Waals surface area contributed by atoms with Gasteiger partial charge in [-0.1, -0.05) is 12.1 Å². The van der Waals surface area contributed by atoms with E-state index in [1.807, 2.05) is 41.3 Å². The number of likely N-dealkylation sites (tertiary alicyclic amines) is 1. The van der Waals surface area contributed by atoms with Gasteiger partial charge in [-0.05, 0) is 61.2 Å². The summed E-state index contributed by atoms with van der Waals surface area (Å²) in [4.78, 5) is 27.3. The third-order valence-electron chi connectivity index (χ3n) is 5.48. The monoisotopic (exact) mass is 410 g/mol. The van der Waals surface area contributed by atoms with E-state index < -0.39 is 0 Å². The van der Waals surface area contributed by atoms with E-state index in [4.69, 9.17) is 9.47 Å². The molecule has 1 aliphatic heterocycles. The fraction of sp³-hybridized carbons (Fsp3) is 0.417. The lowest BCUT2D eigenvalue weighted by molar-refractivity contribution is 0.0706. The molecule has 0 aromatic heterocycles. The maximum absolute atomic E-state index is 12.9. The summed E-state index contributed by atoms with van der Waals surface area (Å²) < 4.78 is 10.2. The summed E-state index contributed by atoms with van der Waals surface area (Å²) >= 11 is 0. The van der Waals surface area contributed by atoms with Crippen LogP contribution in [0.1, 0.15) is 51.5 Å². The second kappa shape index (κ2) is 10.8.